The molecule has 0 saturated carbocycles. The molecule has 11 heteroatoms. The van der Waals surface area contributed by atoms with Crippen LogP contribution in [0, 0.1) is 11.8 Å². The number of aliphatic hydroxyl groups excluding tert-OH is 1. The van der Waals surface area contributed by atoms with E-state index in [4.69, 9.17) is 14.2 Å². The van der Waals surface area contributed by atoms with Gasteiger partial charge in [0, 0.05) is 58.1 Å². The molecular weight excluding hydrogens is 540 g/mol. The van der Waals surface area contributed by atoms with Gasteiger partial charge in [-0.15, -0.1) is 0 Å². The molecule has 5 aliphatic heterocycles. The third-order valence-corrected chi connectivity index (χ3v) is 9.05. The lowest BCUT2D eigenvalue weighted by molar-refractivity contribution is -0.147. The number of hydrogen-bond donors (Lipinski definition) is 1. The molecule has 1 aromatic rings. The molecule has 0 bridgehead atoms. The summed E-state index contributed by atoms with van der Waals surface area (Å²) in [6, 6.07) is 6.44. The van der Waals surface area contributed by atoms with Crippen LogP contribution in [0.1, 0.15) is 13.3 Å². The van der Waals surface area contributed by atoms with Crippen molar-refractivity contribution in [2.75, 3.05) is 77.1 Å². The highest BCUT2D eigenvalue weighted by molar-refractivity contribution is 6.03. The molecule has 5 aliphatic rings. The molecule has 6 rings (SSSR count). The van der Waals surface area contributed by atoms with Crippen molar-refractivity contribution in [3.8, 4) is 5.75 Å². The lowest BCUT2D eigenvalue weighted by Crippen LogP contribution is -2.56. The van der Waals surface area contributed by atoms with E-state index in [2.05, 4.69) is 4.90 Å². The number of rotatable bonds is 9. The second-order valence-corrected chi connectivity index (χ2v) is 11.4. The summed E-state index contributed by atoms with van der Waals surface area (Å²) in [4.78, 5) is 50.0. The van der Waals surface area contributed by atoms with Crippen LogP contribution in [0.5, 0.6) is 5.75 Å². The largest absolute Gasteiger partial charge is 0.494 e. The first-order chi connectivity index (χ1) is 20.5. The first kappa shape index (κ1) is 28.9. The molecule has 42 heavy (non-hydrogen) atoms. The molecule has 3 saturated heterocycles. The van der Waals surface area contributed by atoms with Gasteiger partial charge in [0.15, 0.2) is 0 Å². The highest BCUT2D eigenvalue weighted by atomic mass is 16.5. The number of morpholine rings is 1. The Morgan fingerprint density at radius 3 is 2.50 bits per heavy atom. The minimum Gasteiger partial charge on any atom is -0.494 e. The molecule has 11 nitrogen and oxygen atoms in total. The number of likely N-dealkylation sites (tertiary alicyclic amines) is 1. The highest BCUT2D eigenvalue weighted by Gasteiger charge is 2.71. The van der Waals surface area contributed by atoms with Gasteiger partial charge in [0.1, 0.15) is 17.4 Å². The van der Waals surface area contributed by atoms with Crippen LogP contribution in [0.4, 0.5) is 5.69 Å². The van der Waals surface area contributed by atoms with Gasteiger partial charge < -0.3 is 34.0 Å². The number of ether oxygens (including phenoxy) is 3. The summed E-state index contributed by atoms with van der Waals surface area (Å²) >= 11 is 0. The maximum Gasteiger partial charge on any atom is 0.249 e. The Morgan fingerprint density at radius 1 is 0.976 bits per heavy atom. The van der Waals surface area contributed by atoms with Gasteiger partial charge in [0.05, 0.1) is 37.8 Å². The normalized spacial score (nSPS) is 31.2. The Labute approximate surface area is 246 Å². The zero-order valence-electron chi connectivity index (χ0n) is 24.1. The number of benzene rings is 1. The van der Waals surface area contributed by atoms with Crippen LogP contribution in [0.15, 0.2) is 48.6 Å². The SMILES string of the molecule is CCOc1ccc(N2CC=C[C@@H]3O[C@]45C=CCN(CCN6CCOCC6)C(=O)C4N(CCCO)C(=O)[C@@H]5[C@@H]3C2=O)cc1. The van der Waals surface area contributed by atoms with E-state index in [0.717, 1.165) is 13.1 Å². The number of aliphatic hydroxyl groups is 1. The standard InChI is InChI=1S/C31H40N4O7/c1-2-41-23-9-7-22(8-10-23)34-13-3-6-24-25(28(34)37)26-29(38)35(14-5-19-36)27-30(39)33(12-4-11-31(26,27)42-24)16-15-32-17-20-40-21-18-32/h3-4,6-11,24-27,36H,2,5,12-21H2,1H3/t24-,25+,26-,27?,31-/m0/s1. The van der Waals surface area contributed by atoms with Crippen LogP contribution >= 0.6 is 0 Å². The van der Waals surface area contributed by atoms with Crippen LogP contribution in [0.25, 0.3) is 0 Å². The molecule has 5 atom stereocenters. The van der Waals surface area contributed by atoms with Crippen molar-refractivity contribution >= 4 is 23.4 Å². The summed E-state index contributed by atoms with van der Waals surface area (Å²) in [7, 11) is 0. The number of fused-ring (bicyclic) bond motifs is 2. The van der Waals surface area contributed by atoms with E-state index in [1.54, 1.807) is 14.7 Å². The zero-order chi connectivity index (χ0) is 29.3. The molecule has 0 aromatic heterocycles. The van der Waals surface area contributed by atoms with Crippen molar-refractivity contribution < 1.29 is 33.7 Å². The zero-order valence-corrected chi connectivity index (χ0v) is 24.1. The van der Waals surface area contributed by atoms with E-state index in [0.29, 0.717) is 63.9 Å². The average Bonchev–Trinajstić information content (AvgIpc) is 3.32. The van der Waals surface area contributed by atoms with Crippen molar-refractivity contribution in [2.45, 2.75) is 31.1 Å². The third kappa shape index (κ3) is 5.02. The minimum absolute atomic E-state index is 0.112. The van der Waals surface area contributed by atoms with Gasteiger partial charge in [0.2, 0.25) is 17.7 Å². The van der Waals surface area contributed by atoms with E-state index < -0.39 is 29.6 Å². The lowest BCUT2D eigenvalue weighted by atomic mass is 9.77. The van der Waals surface area contributed by atoms with E-state index >= 15 is 0 Å². The fraction of sp³-hybridized carbons (Fsp3) is 0.581. The van der Waals surface area contributed by atoms with Crippen molar-refractivity contribution in [1.29, 1.82) is 0 Å². The Morgan fingerprint density at radius 2 is 1.76 bits per heavy atom. The van der Waals surface area contributed by atoms with Gasteiger partial charge in [-0.1, -0.05) is 24.3 Å². The number of anilines is 1. The number of hydrogen-bond acceptors (Lipinski definition) is 8. The Hall–Kier alpha value is -3.25. The Balaban J connectivity index is 1.30. The quantitative estimate of drug-likeness (QED) is 0.425. The van der Waals surface area contributed by atoms with Gasteiger partial charge >= 0.3 is 0 Å². The molecule has 1 unspecified atom stereocenters. The number of nitrogens with zero attached hydrogens (tertiary/aromatic N) is 4. The van der Waals surface area contributed by atoms with Crippen molar-refractivity contribution in [2.24, 2.45) is 11.8 Å². The van der Waals surface area contributed by atoms with Gasteiger partial charge in [0.25, 0.3) is 0 Å². The molecule has 5 heterocycles. The molecule has 0 radical (unpaired) electrons. The average molecular weight is 581 g/mol. The molecule has 3 fully saturated rings. The second kappa shape index (κ2) is 12.2. The Bertz CT molecular complexity index is 1230. The van der Waals surface area contributed by atoms with Crippen LogP contribution in [0.3, 0.4) is 0 Å². The monoisotopic (exact) mass is 580 g/mol. The van der Waals surface area contributed by atoms with Crippen LogP contribution in [0.2, 0.25) is 0 Å². The van der Waals surface area contributed by atoms with Crippen molar-refractivity contribution in [1.82, 2.24) is 14.7 Å². The van der Waals surface area contributed by atoms with E-state index in [9.17, 15) is 19.5 Å². The van der Waals surface area contributed by atoms with E-state index in [1.165, 1.54) is 0 Å². The van der Waals surface area contributed by atoms with Gasteiger partial charge in [-0.05, 0) is 37.6 Å². The second-order valence-electron chi connectivity index (χ2n) is 11.4. The fourth-order valence-electron chi connectivity index (χ4n) is 7.07. The molecule has 1 spiro atoms. The van der Waals surface area contributed by atoms with Crippen molar-refractivity contribution in [3.05, 3.63) is 48.6 Å². The van der Waals surface area contributed by atoms with Crippen LogP contribution < -0.4 is 9.64 Å². The molecule has 1 aromatic carbocycles. The minimum atomic E-state index is -1.27. The molecule has 226 valence electrons. The molecule has 3 amide bonds. The van der Waals surface area contributed by atoms with E-state index in [1.807, 2.05) is 55.5 Å². The predicted octanol–water partition coefficient (Wildman–Crippen LogP) is 0.682. The predicted molar refractivity (Wildman–Crippen MR) is 154 cm³/mol. The van der Waals surface area contributed by atoms with Gasteiger partial charge in [-0.2, -0.15) is 0 Å². The van der Waals surface area contributed by atoms with Crippen molar-refractivity contribution in [3.63, 3.8) is 0 Å². The molecule has 0 aliphatic carbocycles. The summed E-state index contributed by atoms with van der Waals surface area (Å²) in [5, 5.41) is 9.62. The van der Waals surface area contributed by atoms with Gasteiger partial charge in [-0.3, -0.25) is 19.3 Å². The third-order valence-electron chi connectivity index (χ3n) is 9.05. The number of carbonyl (C=O) groups is 3. The summed E-state index contributed by atoms with van der Waals surface area (Å²) in [6.45, 7) is 7.52. The summed E-state index contributed by atoms with van der Waals surface area (Å²) in [5.41, 5.74) is -0.565. The summed E-state index contributed by atoms with van der Waals surface area (Å²) < 4.78 is 17.7. The van der Waals surface area contributed by atoms with E-state index in [-0.39, 0.29) is 30.9 Å². The number of carbonyl (C=O) groups excluding carboxylic acids is 3. The maximum absolute atomic E-state index is 14.3. The summed E-state index contributed by atoms with van der Waals surface area (Å²) in [5.74, 6) is -1.59. The lowest BCUT2D eigenvalue weighted by Gasteiger charge is -2.36. The topological polar surface area (TPSA) is 112 Å². The number of amides is 3. The molecule has 1 N–H and O–H groups in total. The first-order valence-corrected chi connectivity index (χ1v) is 15.0. The smallest absolute Gasteiger partial charge is 0.249 e. The first-order valence-electron chi connectivity index (χ1n) is 15.0. The maximum atomic E-state index is 14.3. The highest BCUT2D eigenvalue weighted by Crippen LogP contribution is 2.53. The Kier molecular flexibility index (Phi) is 8.35. The van der Waals surface area contributed by atoms with Crippen LogP contribution in [-0.4, -0.2) is 128 Å². The van der Waals surface area contributed by atoms with Crippen LogP contribution in [-0.2, 0) is 23.9 Å². The molecular formula is C31H40N4O7. The fourth-order valence-corrected chi connectivity index (χ4v) is 7.07. The summed E-state index contributed by atoms with van der Waals surface area (Å²) in [6.07, 6.45) is 7.23. The van der Waals surface area contributed by atoms with Gasteiger partial charge in [-0.25, -0.2) is 0 Å².